The fraction of sp³-hybridized carbons (Fsp3) is 0.556. The van der Waals surface area contributed by atoms with E-state index in [-0.39, 0.29) is 5.41 Å². The molecule has 3 aromatic rings. The molecule has 2 aliphatic heterocycles. The maximum Gasteiger partial charge on any atom is 0.269 e. The predicted octanol–water partition coefficient (Wildman–Crippen LogP) is 7.00. The first-order chi connectivity index (χ1) is 21.1. The highest BCUT2D eigenvalue weighted by atomic mass is 32.2. The van der Waals surface area contributed by atoms with Crippen molar-refractivity contribution in [3.8, 4) is 17.1 Å². The quantitative estimate of drug-likeness (QED) is 0.316. The minimum Gasteiger partial charge on any atom is -0.588 e. The lowest BCUT2D eigenvalue weighted by Gasteiger charge is -2.49. The van der Waals surface area contributed by atoms with Gasteiger partial charge in [0.25, 0.3) is 5.95 Å². The Bertz CT molecular complexity index is 1410. The van der Waals surface area contributed by atoms with Crippen LogP contribution in [0.15, 0.2) is 53.4 Å². The van der Waals surface area contributed by atoms with Crippen LogP contribution in [-0.2, 0) is 22.5 Å². The van der Waals surface area contributed by atoms with Crippen LogP contribution >= 0.6 is 0 Å². The van der Waals surface area contributed by atoms with E-state index in [2.05, 4.69) is 74.6 Å². The fourth-order valence-electron chi connectivity index (χ4n) is 7.57. The van der Waals surface area contributed by atoms with Gasteiger partial charge in [0.2, 0.25) is 5.88 Å². The molecule has 0 spiro atoms. The van der Waals surface area contributed by atoms with Gasteiger partial charge < -0.3 is 14.0 Å². The van der Waals surface area contributed by atoms with Gasteiger partial charge in [-0.3, -0.25) is 4.90 Å². The molecule has 3 atom stereocenters. The molecule has 1 aliphatic carbocycles. The molecular weight excluding hydrogens is 568 g/mol. The topological polar surface area (TPSA) is 82.6 Å². The summed E-state index contributed by atoms with van der Waals surface area (Å²) in [5, 5.41) is 0. The lowest BCUT2D eigenvalue weighted by molar-refractivity contribution is -0.0401. The van der Waals surface area contributed by atoms with E-state index in [9.17, 15) is 4.55 Å². The summed E-state index contributed by atoms with van der Waals surface area (Å²) in [7, 11) is 0. The van der Waals surface area contributed by atoms with Gasteiger partial charge in [-0.1, -0.05) is 51.1 Å². The minimum absolute atomic E-state index is 0.170. The van der Waals surface area contributed by atoms with Crippen molar-refractivity contribution >= 4 is 17.3 Å². The number of hydrogen-bond donors (Lipinski definition) is 1. The molecule has 3 aliphatic rings. The number of rotatable bonds is 4. The molecule has 236 valence electrons. The van der Waals surface area contributed by atoms with E-state index >= 15 is 0 Å². The standard InChI is InChI=1S/C36H48N4O3S/c1-24-8-6-9-25(2)34(24)32-21-33-38-35(37-32)39-44(41)30-11-7-10-26(18-30)12-13-31(28(23-43-33)22-36(3,4)5)27-19-29(20-27)40-14-16-42-17-15-40/h6-11,18,21,27-29,31H,12-17,19-20,22-23H2,1-5H3,(H,37,38,39)/t27-,28-,29+,31?,44?/m1/s1. The fourth-order valence-corrected chi connectivity index (χ4v) is 8.41. The Morgan fingerprint density at radius 1 is 1.00 bits per heavy atom. The zero-order valence-electron chi connectivity index (χ0n) is 27.0. The maximum atomic E-state index is 13.5. The molecule has 2 fully saturated rings. The van der Waals surface area contributed by atoms with Gasteiger partial charge in [-0.05, 0) is 97.9 Å². The molecular formula is C36H48N4O3S. The molecule has 0 amide bonds. The van der Waals surface area contributed by atoms with Crippen molar-refractivity contribution < 1.29 is 14.0 Å². The Balaban J connectivity index is 1.35. The summed E-state index contributed by atoms with van der Waals surface area (Å²) < 4.78 is 28.9. The van der Waals surface area contributed by atoms with Crippen molar-refractivity contribution in [2.45, 2.75) is 77.7 Å². The number of morpholine rings is 1. The highest BCUT2D eigenvalue weighted by Gasteiger charge is 2.42. The Hall–Kier alpha value is -2.65. The first-order valence-corrected chi connectivity index (χ1v) is 17.5. The Kier molecular flexibility index (Phi) is 9.53. The molecule has 0 radical (unpaired) electrons. The number of hydrogen-bond acceptors (Lipinski definition) is 7. The molecule has 1 saturated carbocycles. The molecule has 7 nitrogen and oxygen atoms in total. The second-order valence-electron chi connectivity index (χ2n) is 14.3. The van der Waals surface area contributed by atoms with Crippen molar-refractivity contribution in [2.24, 2.45) is 23.2 Å². The number of nitrogens with zero attached hydrogens (tertiary/aromatic N) is 3. The predicted molar refractivity (Wildman–Crippen MR) is 177 cm³/mol. The van der Waals surface area contributed by atoms with Gasteiger partial charge in [-0.15, -0.1) is 0 Å². The number of fused-ring (bicyclic) bond motifs is 4. The number of aromatic nitrogens is 2. The highest BCUT2D eigenvalue weighted by Crippen LogP contribution is 2.45. The van der Waals surface area contributed by atoms with Gasteiger partial charge in [0.1, 0.15) is 11.4 Å². The molecule has 1 N–H and O–H groups in total. The van der Waals surface area contributed by atoms with E-state index in [1.165, 1.54) is 18.4 Å². The molecule has 1 saturated heterocycles. The lowest BCUT2D eigenvalue weighted by Crippen LogP contribution is -2.52. The van der Waals surface area contributed by atoms with Crippen LogP contribution in [0.5, 0.6) is 5.88 Å². The van der Waals surface area contributed by atoms with Crippen LogP contribution in [0, 0.1) is 37.0 Å². The SMILES string of the molecule is Cc1cccc(C)c1-c1cc2nc(n1)N[S+]([O-])c1cccc(c1)CCC([C@H]1C[C@@H](N3CCOCC3)C1)[C@H](CC(C)(C)C)CO2. The molecule has 2 aromatic carbocycles. The number of benzene rings is 2. The average Bonchev–Trinajstić information content (AvgIpc) is 2.96. The summed E-state index contributed by atoms with van der Waals surface area (Å²) in [5.41, 5.74) is 5.50. The number of aryl methyl sites for hydroxylation is 3. The number of ether oxygens (including phenoxy) is 2. The lowest BCUT2D eigenvalue weighted by atomic mass is 9.63. The van der Waals surface area contributed by atoms with Crippen molar-refractivity contribution in [3.63, 3.8) is 0 Å². The molecule has 44 heavy (non-hydrogen) atoms. The summed E-state index contributed by atoms with van der Waals surface area (Å²) in [6, 6.07) is 17.1. The Labute approximate surface area is 266 Å². The molecule has 4 bridgehead atoms. The van der Waals surface area contributed by atoms with Crippen LogP contribution < -0.4 is 9.46 Å². The van der Waals surface area contributed by atoms with Gasteiger partial charge in [0.15, 0.2) is 4.90 Å². The number of anilines is 1. The molecule has 8 heteroatoms. The van der Waals surface area contributed by atoms with E-state index in [0.717, 1.165) is 72.8 Å². The van der Waals surface area contributed by atoms with E-state index in [1.54, 1.807) is 0 Å². The maximum absolute atomic E-state index is 13.5. The first-order valence-electron chi connectivity index (χ1n) is 16.3. The van der Waals surface area contributed by atoms with Gasteiger partial charge in [0.05, 0.1) is 25.5 Å². The van der Waals surface area contributed by atoms with Crippen LogP contribution in [0.1, 0.15) is 63.1 Å². The molecule has 1 aromatic heterocycles. The summed E-state index contributed by atoms with van der Waals surface area (Å²) in [4.78, 5) is 13.0. The summed E-state index contributed by atoms with van der Waals surface area (Å²) in [6.45, 7) is 15.6. The smallest absolute Gasteiger partial charge is 0.269 e. The summed E-state index contributed by atoms with van der Waals surface area (Å²) in [5.74, 6) is 2.43. The van der Waals surface area contributed by atoms with Gasteiger partial charge >= 0.3 is 0 Å². The van der Waals surface area contributed by atoms with Crippen molar-refractivity contribution in [1.29, 1.82) is 0 Å². The van der Waals surface area contributed by atoms with E-state index in [4.69, 9.17) is 19.4 Å². The van der Waals surface area contributed by atoms with Crippen LogP contribution in [0.3, 0.4) is 0 Å². The second kappa shape index (κ2) is 13.4. The molecule has 6 rings (SSSR count). The van der Waals surface area contributed by atoms with Gasteiger partial charge in [-0.25, -0.2) is 4.98 Å². The van der Waals surface area contributed by atoms with E-state index in [0.29, 0.717) is 42.2 Å². The minimum atomic E-state index is -1.50. The van der Waals surface area contributed by atoms with Gasteiger partial charge in [0, 0.05) is 30.8 Å². The average molecular weight is 617 g/mol. The molecule has 3 heterocycles. The zero-order chi connectivity index (χ0) is 30.8. The van der Waals surface area contributed by atoms with Crippen LogP contribution in [0.4, 0.5) is 5.95 Å². The highest BCUT2D eigenvalue weighted by molar-refractivity contribution is 7.92. The largest absolute Gasteiger partial charge is 0.588 e. The molecule has 2 unspecified atom stereocenters. The van der Waals surface area contributed by atoms with Crippen LogP contribution in [-0.4, -0.2) is 58.4 Å². The first kappa shape index (κ1) is 31.3. The third-order valence-electron chi connectivity index (χ3n) is 9.75. The summed E-state index contributed by atoms with van der Waals surface area (Å²) in [6.07, 6.45) is 5.63. The third-order valence-corrected chi connectivity index (χ3v) is 10.8. The second-order valence-corrected chi connectivity index (χ2v) is 15.5. The van der Waals surface area contributed by atoms with E-state index < -0.39 is 11.4 Å². The monoisotopic (exact) mass is 616 g/mol. The van der Waals surface area contributed by atoms with Crippen molar-refractivity contribution in [1.82, 2.24) is 14.9 Å². The van der Waals surface area contributed by atoms with Crippen LogP contribution in [0.25, 0.3) is 11.3 Å². The zero-order valence-corrected chi connectivity index (χ0v) is 27.8. The normalized spacial score (nSPS) is 26.5. The van der Waals surface area contributed by atoms with Crippen LogP contribution in [0.2, 0.25) is 0 Å². The number of nitrogens with one attached hydrogen (secondary N) is 1. The third kappa shape index (κ3) is 7.41. The Morgan fingerprint density at radius 3 is 2.45 bits per heavy atom. The summed E-state index contributed by atoms with van der Waals surface area (Å²) >= 11 is -1.50. The van der Waals surface area contributed by atoms with E-state index in [1.807, 2.05) is 18.2 Å². The Morgan fingerprint density at radius 2 is 1.73 bits per heavy atom. The van der Waals surface area contributed by atoms with Crippen molar-refractivity contribution in [2.75, 3.05) is 37.6 Å². The van der Waals surface area contributed by atoms with Gasteiger partial charge in [-0.2, -0.15) is 9.71 Å². The van der Waals surface area contributed by atoms with Crippen molar-refractivity contribution in [3.05, 3.63) is 65.2 Å².